The van der Waals surface area contributed by atoms with E-state index in [1.165, 1.54) is 17.0 Å². The monoisotopic (exact) mass is 406 g/mol. The molecule has 2 aromatic carbocycles. The van der Waals surface area contributed by atoms with Crippen LogP contribution in [0.2, 0.25) is 0 Å². The first-order chi connectivity index (χ1) is 13.7. The number of amides is 2. The molecule has 1 heterocycles. The smallest absolute Gasteiger partial charge is 0.305 e. The normalized spacial score (nSPS) is 16.8. The van der Waals surface area contributed by atoms with Crippen molar-refractivity contribution in [2.45, 2.75) is 19.0 Å². The van der Waals surface area contributed by atoms with Gasteiger partial charge in [-0.15, -0.1) is 0 Å². The predicted octanol–water partition coefficient (Wildman–Crippen LogP) is 2.43. The lowest BCUT2D eigenvalue weighted by Crippen LogP contribution is -2.59. The molecular weight excluding hydrogens is 389 g/mol. The highest BCUT2D eigenvalue weighted by atomic mass is 19.1. The van der Waals surface area contributed by atoms with Crippen LogP contribution in [0.4, 0.5) is 13.2 Å². The van der Waals surface area contributed by atoms with Gasteiger partial charge in [0.2, 0.25) is 5.91 Å². The number of carbonyl (C=O) groups excluding carboxylic acids is 2. The van der Waals surface area contributed by atoms with Gasteiger partial charge >= 0.3 is 5.97 Å². The van der Waals surface area contributed by atoms with Crippen molar-refractivity contribution in [2.24, 2.45) is 0 Å². The third-order valence-electron chi connectivity index (χ3n) is 4.60. The molecule has 1 unspecified atom stereocenters. The van der Waals surface area contributed by atoms with E-state index < -0.39 is 47.7 Å². The summed E-state index contributed by atoms with van der Waals surface area (Å²) < 4.78 is 39.9. The lowest BCUT2D eigenvalue weighted by molar-refractivity contribution is -0.148. The lowest BCUT2D eigenvalue weighted by atomic mass is 10.0. The summed E-state index contributed by atoms with van der Waals surface area (Å²) in [6.45, 7) is -0.0417. The Morgan fingerprint density at radius 3 is 2.17 bits per heavy atom. The second-order valence-corrected chi connectivity index (χ2v) is 6.66. The second kappa shape index (κ2) is 8.34. The van der Waals surface area contributed by atoms with Gasteiger partial charge in [0.15, 0.2) is 0 Å². The molecule has 1 aliphatic heterocycles. The number of nitrogens with zero attached hydrogens (tertiary/aromatic N) is 2. The molecule has 29 heavy (non-hydrogen) atoms. The van der Waals surface area contributed by atoms with Crippen molar-refractivity contribution in [3.63, 3.8) is 0 Å². The molecule has 0 saturated carbocycles. The first-order valence-corrected chi connectivity index (χ1v) is 8.76. The van der Waals surface area contributed by atoms with Gasteiger partial charge in [-0.05, 0) is 42.0 Å². The van der Waals surface area contributed by atoms with Gasteiger partial charge in [0.25, 0.3) is 5.91 Å². The Labute approximate surface area is 164 Å². The van der Waals surface area contributed by atoms with Crippen LogP contribution in [0.25, 0.3) is 0 Å². The molecule has 0 bridgehead atoms. The Balaban J connectivity index is 1.82. The number of rotatable bonds is 5. The van der Waals surface area contributed by atoms with E-state index in [4.69, 9.17) is 0 Å². The van der Waals surface area contributed by atoms with Crippen LogP contribution < -0.4 is 0 Å². The highest BCUT2D eigenvalue weighted by Crippen LogP contribution is 2.21. The van der Waals surface area contributed by atoms with Gasteiger partial charge in [-0.2, -0.15) is 0 Å². The molecule has 1 saturated heterocycles. The minimum absolute atomic E-state index is 0.0255. The molecule has 3 rings (SSSR count). The molecule has 2 amide bonds. The molecule has 0 aliphatic carbocycles. The molecule has 1 fully saturated rings. The van der Waals surface area contributed by atoms with Crippen molar-refractivity contribution in [3.8, 4) is 0 Å². The second-order valence-electron chi connectivity index (χ2n) is 6.66. The van der Waals surface area contributed by atoms with E-state index >= 15 is 0 Å². The van der Waals surface area contributed by atoms with E-state index in [1.807, 2.05) is 0 Å². The zero-order valence-corrected chi connectivity index (χ0v) is 15.1. The number of piperazine rings is 1. The fraction of sp³-hybridized carbons (Fsp3) is 0.250. The van der Waals surface area contributed by atoms with Crippen LogP contribution >= 0.6 is 0 Å². The van der Waals surface area contributed by atoms with E-state index in [1.54, 1.807) is 0 Å². The molecule has 9 heteroatoms. The Kier molecular flexibility index (Phi) is 5.86. The van der Waals surface area contributed by atoms with Gasteiger partial charge in [-0.1, -0.05) is 0 Å². The minimum atomic E-state index is -1.28. The van der Waals surface area contributed by atoms with E-state index in [2.05, 4.69) is 0 Å². The number of carboxylic acid groups (broad SMARTS) is 1. The summed E-state index contributed by atoms with van der Waals surface area (Å²) >= 11 is 0. The molecule has 6 nitrogen and oxygen atoms in total. The maximum absolute atomic E-state index is 13.4. The minimum Gasteiger partial charge on any atom is -0.481 e. The highest BCUT2D eigenvalue weighted by Gasteiger charge is 2.39. The topological polar surface area (TPSA) is 77.9 Å². The summed E-state index contributed by atoms with van der Waals surface area (Å²) in [5.41, 5.74) is 0.332. The number of benzene rings is 2. The maximum atomic E-state index is 13.4. The summed E-state index contributed by atoms with van der Waals surface area (Å²) in [6, 6.07) is 6.28. The van der Waals surface area contributed by atoms with Crippen LogP contribution in [-0.4, -0.2) is 51.8 Å². The average Bonchev–Trinajstić information content (AvgIpc) is 2.64. The number of aliphatic carboxylic acids is 1. The van der Waals surface area contributed by atoms with E-state index in [9.17, 15) is 32.7 Å². The molecule has 0 spiro atoms. The highest BCUT2D eigenvalue weighted by molar-refractivity contribution is 5.99. The molecule has 0 aromatic heterocycles. The maximum Gasteiger partial charge on any atom is 0.305 e. The zero-order chi connectivity index (χ0) is 21.1. The SMILES string of the molecule is O=C(O)CC1C(=O)N(Cc2cc(F)cc(F)c2)CCN1C(=O)c1ccc(F)cc1. The summed E-state index contributed by atoms with van der Waals surface area (Å²) in [5.74, 6) is -4.63. The summed E-state index contributed by atoms with van der Waals surface area (Å²) in [6.07, 6.45) is -0.625. The Hall–Kier alpha value is -3.36. The Morgan fingerprint density at radius 1 is 0.966 bits per heavy atom. The van der Waals surface area contributed by atoms with Gasteiger partial charge in [-0.3, -0.25) is 14.4 Å². The van der Waals surface area contributed by atoms with E-state index in [0.717, 1.165) is 29.2 Å². The average molecular weight is 406 g/mol. The predicted molar refractivity (Wildman–Crippen MR) is 95.3 cm³/mol. The van der Waals surface area contributed by atoms with E-state index in [0.29, 0.717) is 6.07 Å². The first-order valence-electron chi connectivity index (χ1n) is 8.76. The fourth-order valence-electron chi connectivity index (χ4n) is 3.28. The van der Waals surface area contributed by atoms with Crippen LogP contribution in [0.3, 0.4) is 0 Å². The van der Waals surface area contributed by atoms with Crippen LogP contribution in [-0.2, 0) is 16.1 Å². The van der Waals surface area contributed by atoms with Crippen LogP contribution in [0.1, 0.15) is 22.3 Å². The Bertz CT molecular complexity index is 929. The summed E-state index contributed by atoms with van der Waals surface area (Å²) in [5, 5.41) is 9.18. The van der Waals surface area contributed by atoms with Gasteiger partial charge < -0.3 is 14.9 Å². The van der Waals surface area contributed by atoms with Crippen molar-refractivity contribution in [1.29, 1.82) is 0 Å². The van der Waals surface area contributed by atoms with Gasteiger partial charge in [0.05, 0.1) is 6.42 Å². The number of hydrogen-bond donors (Lipinski definition) is 1. The van der Waals surface area contributed by atoms with Crippen LogP contribution in [0.5, 0.6) is 0 Å². The third-order valence-corrected chi connectivity index (χ3v) is 4.60. The third kappa shape index (κ3) is 4.74. The zero-order valence-electron chi connectivity index (χ0n) is 15.1. The molecule has 152 valence electrons. The van der Waals surface area contributed by atoms with Crippen LogP contribution in [0.15, 0.2) is 42.5 Å². The first kappa shape index (κ1) is 20.4. The lowest BCUT2D eigenvalue weighted by Gasteiger charge is -2.40. The molecule has 1 atom stereocenters. The number of halogens is 3. The fourth-order valence-corrected chi connectivity index (χ4v) is 3.28. The summed E-state index contributed by atoms with van der Waals surface area (Å²) in [7, 11) is 0. The molecule has 1 N–H and O–H groups in total. The van der Waals surface area contributed by atoms with Crippen molar-refractivity contribution in [3.05, 3.63) is 71.0 Å². The largest absolute Gasteiger partial charge is 0.481 e. The molecule has 1 aliphatic rings. The molecule has 0 radical (unpaired) electrons. The van der Waals surface area contributed by atoms with Gasteiger partial charge in [0.1, 0.15) is 23.5 Å². The van der Waals surface area contributed by atoms with Crippen molar-refractivity contribution >= 4 is 17.8 Å². The molecular formula is C20H17F3N2O4. The van der Waals surface area contributed by atoms with Crippen molar-refractivity contribution in [1.82, 2.24) is 9.80 Å². The van der Waals surface area contributed by atoms with Crippen LogP contribution in [0, 0.1) is 17.5 Å². The standard InChI is InChI=1S/C20H17F3N2O4/c21-14-3-1-13(2-4-14)19(28)25-6-5-24(20(29)17(25)10-18(26)27)11-12-7-15(22)9-16(23)8-12/h1-4,7-9,17H,5-6,10-11H2,(H,26,27). The van der Waals surface area contributed by atoms with E-state index in [-0.39, 0.29) is 30.8 Å². The number of hydrogen-bond acceptors (Lipinski definition) is 3. The van der Waals surface area contributed by atoms with Gasteiger partial charge in [-0.25, -0.2) is 13.2 Å². The van der Waals surface area contributed by atoms with Crippen molar-refractivity contribution in [2.75, 3.05) is 13.1 Å². The molecule has 2 aromatic rings. The Morgan fingerprint density at radius 2 is 1.59 bits per heavy atom. The van der Waals surface area contributed by atoms with Gasteiger partial charge in [0, 0.05) is 31.3 Å². The number of carbonyl (C=O) groups is 3. The quantitative estimate of drug-likeness (QED) is 0.828. The van der Waals surface area contributed by atoms with Crippen molar-refractivity contribution < 1.29 is 32.7 Å². The number of carboxylic acids is 1. The summed E-state index contributed by atoms with van der Waals surface area (Å²) in [4.78, 5) is 39.3.